The van der Waals surface area contributed by atoms with Crippen LogP contribution in [0.25, 0.3) is 0 Å². The van der Waals surface area contributed by atoms with Gasteiger partial charge in [0.15, 0.2) is 0 Å². The van der Waals surface area contributed by atoms with Crippen LogP contribution in [0.5, 0.6) is 5.75 Å². The molecule has 6 nitrogen and oxygen atoms in total. The number of benzene rings is 1. The number of non-ortho nitro benzene ring substituents is 1. The van der Waals surface area contributed by atoms with E-state index in [1.54, 1.807) is 13.0 Å². The summed E-state index contributed by atoms with van der Waals surface area (Å²) in [7, 11) is 1.47. The van der Waals surface area contributed by atoms with Gasteiger partial charge in [-0.05, 0) is 25.0 Å². The summed E-state index contributed by atoms with van der Waals surface area (Å²) < 4.78 is 5.05. The van der Waals surface area contributed by atoms with Crippen molar-refractivity contribution in [2.45, 2.75) is 38.8 Å². The highest BCUT2D eigenvalue weighted by Gasteiger charge is 2.18. The molecule has 0 heterocycles. The highest BCUT2D eigenvalue weighted by atomic mass is 16.6. The zero-order valence-electron chi connectivity index (χ0n) is 12.2. The Kier molecular flexibility index (Phi) is 5.91. The van der Waals surface area contributed by atoms with E-state index in [1.807, 2.05) is 6.92 Å². The lowest BCUT2D eigenvalue weighted by atomic mass is 10.0. The van der Waals surface area contributed by atoms with Crippen LogP contribution in [0, 0.1) is 10.1 Å². The van der Waals surface area contributed by atoms with Crippen LogP contribution in [0.15, 0.2) is 18.2 Å². The molecular formula is C14H22N2O4. The topological polar surface area (TPSA) is 84.6 Å². The minimum absolute atomic E-state index is 0.00136. The Morgan fingerprint density at radius 3 is 2.70 bits per heavy atom. The van der Waals surface area contributed by atoms with E-state index < -0.39 is 10.5 Å². The van der Waals surface area contributed by atoms with Crippen LogP contribution in [0.3, 0.4) is 0 Å². The molecule has 0 saturated carbocycles. The predicted molar refractivity (Wildman–Crippen MR) is 76.9 cm³/mol. The average molecular weight is 282 g/mol. The smallest absolute Gasteiger partial charge is 0.273 e. The third-order valence-electron chi connectivity index (χ3n) is 3.02. The van der Waals surface area contributed by atoms with E-state index in [4.69, 9.17) is 4.74 Å². The number of rotatable bonds is 8. The number of hydrogen-bond acceptors (Lipinski definition) is 5. The summed E-state index contributed by atoms with van der Waals surface area (Å²) in [6.07, 6.45) is 1.61. The lowest BCUT2D eigenvalue weighted by Crippen LogP contribution is -2.37. The van der Waals surface area contributed by atoms with E-state index in [2.05, 4.69) is 5.32 Å². The lowest BCUT2D eigenvalue weighted by Gasteiger charge is -2.23. The summed E-state index contributed by atoms with van der Waals surface area (Å²) >= 11 is 0. The first-order valence-corrected chi connectivity index (χ1v) is 6.63. The molecule has 0 amide bonds. The molecule has 0 radical (unpaired) electrons. The molecule has 1 aromatic carbocycles. The Balaban J connectivity index is 2.68. The standard InChI is InChI=1S/C14H22N2O4/c1-4-5-14(2,17)10-15-9-11-6-12(16(18)19)8-13(7-11)20-3/h6-8,15,17H,4-5,9-10H2,1-3H3. The summed E-state index contributed by atoms with van der Waals surface area (Å²) in [6, 6.07) is 4.63. The second kappa shape index (κ2) is 7.21. The van der Waals surface area contributed by atoms with Crippen molar-refractivity contribution in [1.82, 2.24) is 5.32 Å². The number of methoxy groups -OCH3 is 1. The predicted octanol–water partition coefficient (Wildman–Crippen LogP) is 2.24. The number of nitro benzene ring substituents is 1. The van der Waals surface area contributed by atoms with Gasteiger partial charge in [-0.2, -0.15) is 0 Å². The maximum Gasteiger partial charge on any atom is 0.273 e. The van der Waals surface area contributed by atoms with Crippen LogP contribution < -0.4 is 10.1 Å². The number of ether oxygens (including phenoxy) is 1. The molecule has 2 N–H and O–H groups in total. The number of nitrogens with one attached hydrogen (secondary N) is 1. The molecule has 0 bridgehead atoms. The molecule has 20 heavy (non-hydrogen) atoms. The first-order chi connectivity index (χ1) is 9.38. The van der Waals surface area contributed by atoms with Gasteiger partial charge in [-0.1, -0.05) is 13.3 Å². The van der Waals surface area contributed by atoms with E-state index in [0.717, 1.165) is 12.0 Å². The van der Waals surface area contributed by atoms with Crippen molar-refractivity contribution >= 4 is 5.69 Å². The summed E-state index contributed by atoms with van der Waals surface area (Å²) in [5.74, 6) is 0.455. The first-order valence-electron chi connectivity index (χ1n) is 6.63. The van der Waals surface area contributed by atoms with Gasteiger partial charge in [-0.15, -0.1) is 0 Å². The van der Waals surface area contributed by atoms with E-state index in [1.165, 1.54) is 19.2 Å². The Bertz CT molecular complexity index is 460. The number of aliphatic hydroxyl groups is 1. The Morgan fingerprint density at radius 2 is 2.15 bits per heavy atom. The normalized spacial score (nSPS) is 13.8. The van der Waals surface area contributed by atoms with Gasteiger partial charge in [0.1, 0.15) is 5.75 Å². The molecular weight excluding hydrogens is 260 g/mol. The van der Waals surface area contributed by atoms with E-state index in [-0.39, 0.29) is 5.69 Å². The molecule has 1 atom stereocenters. The third-order valence-corrected chi connectivity index (χ3v) is 3.02. The highest BCUT2D eigenvalue weighted by molar-refractivity contribution is 5.42. The number of nitro groups is 1. The van der Waals surface area contributed by atoms with Gasteiger partial charge in [0.25, 0.3) is 5.69 Å². The molecule has 1 unspecified atom stereocenters. The highest BCUT2D eigenvalue weighted by Crippen LogP contribution is 2.22. The number of hydrogen-bond donors (Lipinski definition) is 2. The van der Waals surface area contributed by atoms with Gasteiger partial charge in [-0.3, -0.25) is 10.1 Å². The van der Waals surface area contributed by atoms with Crippen LogP contribution in [0.4, 0.5) is 5.69 Å². The fourth-order valence-electron chi connectivity index (χ4n) is 2.07. The van der Waals surface area contributed by atoms with E-state index in [9.17, 15) is 15.2 Å². The molecule has 0 aliphatic heterocycles. The van der Waals surface area contributed by atoms with Crippen LogP contribution in [0.2, 0.25) is 0 Å². The summed E-state index contributed by atoms with van der Waals surface area (Å²) in [6.45, 7) is 4.67. The van der Waals surface area contributed by atoms with Crippen molar-refractivity contribution in [3.63, 3.8) is 0 Å². The van der Waals surface area contributed by atoms with Crippen molar-refractivity contribution in [3.05, 3.63) is 33.9 Å². The Labute approximate surface area is 118 Å². The maximum atomic E-state index is 10.8. The van der Waals surface area contributed by atoms with Crippen LogP contribution in [-0.2, 0) is 6.54 Å². The monoisotopic (exact) mass is 282 g/mol. The second-order valence-electron chi connectivity index (χ2n) is 5.15. The van der Waals surface area contributed by atoms with Crippen molar-refractivity contribution < 1.29 is 14.8 Å². The summed E-state index contributed by atoms with van der Waals surface area (Å²) in [4.78, 5) is 10.4. The minimum Gasteiger partial charge on any atom is -0.496 e. The van der Waals surface area contributed by atoms with Crippen LogP contribution in [0.1, 0.15) is 32.3 Å². The van der Waals surface area contributed by atoms with Gasteiger partial charge in [-0.25, -0.2) is 0 Å². The summed E-state index contributed by atoms with van der Waals surface area (Å²) in [5, 5.41) is 24.0. The SMILES string of the molecule is CCCC(C)(O)CNCc1cc(OC)cc([N+](=O)[O-])c1. The minimum atomic E-state index is -0.764. The van der Waals surface area contributed by atoms with Gasteiger partial charge < -0.3 is 15.2 Å². The molecule has 0 aliphatic carbocycles. The van der Waals surface area contributed by atoms with E-state index in [0.29, 0.717) is 25.3 Å². The second-order valence-corrected chi connectivity index (χ2v) is 5.15. The maximum absolute atomic E-state index is 10.8. The largest absolute Gasteiger partial charge is 0.496 e. The Morgan fingerprint density at radius 1 is 1.45 bits per heavy atom. The van der Waals surface area contributed by atoms with Gasteiger partial charge >= 0.3 is 0 Å². The molecule has 1 aromatic rings. The van der Waals surface area contributed by atoms with Crippen molar-refractivity contribution in [1.29, 1.82) is 0 Å². The van der Waals surface area contributed by atoms with Gasteiger partial charge in [0.2, 0.25) is 0 Å². The quantitative estimate of drug-likeness (QED) is 0.564. The lowest BCUT2D eigenvalue weighted by molar-refractivity contribution is -0.385. The van der Waals surface area contributed by atoms with Crippen molar-refractivity contribution in [3.8, 4) is 5.75 Å². The summed E-state index contributed by atoms with van der Waals surface area (Å²) in [5.41, 5.74) is -0.00988. The van der Waals surface area contributed by atoms with Crippen molar-refractivity contribution in [2.24, 2.45) is 0 Å². The molecule has 6 heteroatoms. The molecule has 0 fully saturated rings. The number of nitrogens with zero attached hydrogens (tertiary/aromatic N) is 1. The van der Waals surface area contributed by atoms with Crippen molar-refractivity contribution in [2.75, 3.05) is 13.7 Å². The first kappa shape index (κ1) is 16.4. The average Bonchev–Trinajstić information content (AvgIpc) is 2.37. The van der Waals surface area contributed by atoms with Crippen LogP contribution >= 0.6 is 0 Å². The molecule has 0 aliphatic rings. The molecule has 0 saturated heterocycles. The zero-order chi connectivity index (χ0) is 15.2. The van der Waals surface area contributed by atoms with E-state index >= 15 is 0 Å². The Hall–Kier alpha value is -1.66. The molecule has 0 aromatic heterocycles. The zero-order valence-corrected chi connectivity index (χ0v) is 12.2. The van der Waals surface area contributed by atoms with Gasteiger partial charge in [0.05, 0.1) is 23.7 Å². The fraction of sp³-hybridized carbons (Fsp3) is 0.571. The third kappa shape index (κ3) is 5.14. The van der Waals surface area contributed by atoms with Gasteiger partial charge in [0, 0.05) is 19.2 Å². The molecule has 1 rings (SSSR count). The fourth-order valence-corrected chi connectivity index (χ4v) is 2.07. The molecule has 112 valence electrons. The molecule has 0 spiro atoms. The van der Waals surface area contributed by atoms with Crippen LogP contribution in [-0.4, -0.2) is 29.3 Å².